The highest BCUT2D eigenvalue weighted by molar-refractivity contribution is 7.74. The minimum absolute atomic E-state index is 0.0618. The molecule has 1 saturated heterocycles. The van der Waals surface area contributed by atoms with Crippen LogP contribution in [-0.2, 0) is 25.1 Å². The van der Waals surface area contributed by atoms with Crippen LogP contribution in [0.1, 0.15) is 6.42 Å². The van der Waals surface area contributed by atoms with Crippen LogP contribution in [0.2, 0.25) is 0 Å². The van der Waals surface area contributed by atoms with Crippen LogP contribution in [0.4, 0.5) is 0 Å². The Kier molecular flexibility index (Phi) is 2.36. The van der Waals surface area contributed by atoms with E-state index >= 15 is 0 Å². The molecule has 1 N–H and O–H groups in total. The minimum Gasteiger partial charge on any atom is -0.463 e. The van der Waals surface area contributed by atoms with Gasteiger partial charge in [0.15, 0.2) is 0 Å². The average Bonchev–Trinajstić information content (AvgIpc) is 2.13. The van der Waals surface area contributed by atoms with Crippen LogP contribution < -0.4 is 0 Å². The van der Waals surface area contributed by atoms with E-state index in [1.54, 1.807) is 0 Å². The highest BCUT2D eigenvalue weighted by Crippen LogP contribution is 2.10. The molecule has 6 heteroatoms. The molecule has 1 fully saturated rings. The monoisotopic (exact) mass is 166 g/mol. The first-order valence-electron chi connectivity index (χ1n) is 2.62. The molecule has 1 aliphatic rings. The van der Waals surface area contributed by atoms with Gasteiger partial charge in [-0.3, -0.25) is 13.5 Å². The van der Waals surface area contributed by atoms with Gasteiger partial charge in [0.1, 0.15) is 12.7 Å². The highest BCUT2D eigenvalue weighted by atomic mass is 32.2. The van der Waals surface area contributed by atoms with Crippen LogP contribution >= 0.6 is 0 Å². The smallest absolute Gasteiger partial charge is 0.308 e. The van der Waals surface area contributed by atoms with Gasteiger partial charge in [0.05, 0.1) is 6.42 Å². The van der Waals surface area contributed by atoms with Crippen LogP contribution in [0.25, 0.3) is 0 Å². The molecular weight excluding hydrogens is 160 g/mol. The van der Waals surface area contributed by atoms with E-state index in [1.807, 2.05) is 0 Å². The molecule has 0 amide bonds. The lowest BCUT2D eigenvalue weighted by Crippen LogP contribution is -2.13. The molecule has 0 spiro atoms. The Labute approximate surface area is 59.8 Å². The molecule has 1 aliphatic heterocycles. The first kappa shape index (κ1) is 7.64. The van der Waals surface area contributed by atoms with E-state index < -0.39 is 23.4 Å². The third kappa shape index (κ3) is 2.05. The second-order valence-corrected chi connectivity index (χ2v) is 2.45. The summed E-state index contributed by atoms with van der Waals surface area (Å²) in [6.07, 6.45) is -0.495. The van der Waals surface area contributed by atoms with E-state index in [0.29, 0.717) is 0 Å². The maximum Gasteiger partial charge on any atom is 0.308 e. The summed E-state index contributed by atoms with van der Waals surface area (Å²) in [7, 11) is 0. The van der Waals surface area contributed by atoms with Crippen molar-refractivity contribution in [3.8, 4) is 0 Å². The van der Waals surface area contributed by atoms with E-state index in [0.717, 1.165) is 0 Å². The summed E-state index contributed by atoms with van der Waals surface area (Å²) in [4.78, 5) is 10.4. The summed E-state index contributed by atoms with van der Waals surface area (Å²) in [5.41, 5.74) is 0. The predicted octanol–water partition coefficient (Wildman–Crippen LogP) is -0.545. The Balaban J connectivity index is 2.31. The first-order valence-corrected chi connectivity index (χ1v) is 3.65. The van der Waals surface area contributed by atoms with Gasteiger partial charge in [0, 0.05) is 0 Å². The van der Waals surface area contributed by atoms with Crippen LogP contribution in [0.3, 0.4) is 0 Å². The van der Waals surface area contributed by atoms with Crippen LogP contribution in [-0.4, -0.2) is 27.4 Å². The highest BCUT2D eigenvalue weighted by Gasteiger charge is 2.25. The molecule has 58 valence electrons. The van der Waals surface area contributed by atoms with Gasteiger partial charge in [0.2, 0.25) is 0 Å². The zero-order valence-corrected chi connectivity index (χ0v) is 5.80. The van der Waals surface area contributed by atoms with Gasteiger partial charge in [-0.1, -0.05) is 0 Å². The lowest BCUT2D eigenvalue weighted by atomic mass is 10.3. The Morgan fingerprint density at radius 3 is 2.90 bits per heavy atom. The lowest BCUT2D eigenvalue weighted by molar-refractivity contribution is -0.137. The number of carbonyl (C=O) groups excluding carboxylic acids is 1. The molecule has 0 saturated carbocycles. The predicted molar refractivity (Wildman–Crippen MR) is 31.2 cm³/mol. The minimum atomic E-state index is -2.30. The van der Waals surface area contributed by atoms with Crippen LogP contribution in [0.5, 0.6) is 0 Å². The SMILES string of the molecule is O=C1CC(OS(=O)O)CO1. The van der Waals surface area contributed by atoms with Gasteiger partial charge in [-0.15, -0.1) is 0 Å². The quantitative estimate of drug-likeness (QED) is 0.440. The molecule has 0 radical (unpaired) electrons. The number of cyclic esters (lactones) is 1. The summed E-state index contributed by atoms with van der Waals surface area (Å²) in [5, 5.41) is 0. The Bertz CT molecular complexity index is 167. The van der Waals surface area contributed by atoms with Crippen LogP contribution in [0, 0.1) is 0 Å². The Morgan fingerprint density at radius 1 is 1.80 bits per heavy atom. The maximum absolute atomic E-state index is 10.4. The van der Waals surface area contributed by atoms with Gasteiger partial charge >= 0.3 is 17.3 Å². The van der Waals surface area contributed by atoms with E-state index in [4.69, 9.17) is 4.55 Å². The average molecular weight is 166 g/mol. The largest absolute Gasteiger partial charge is 0.463 e. The molecule has 0 aromatic heterocycles. The summed E-state index contributed by atoms with van der Waals surface area (Å²) < 4.78 is 27.0. The van der Waals surface area contributed by atoms with Crippen molar-refractivity contribution in [1.29, 1.82) is 0 Å². The number of ether oxygens (including phenoxy) is 1. The zero-order valence-electron chi connectivity index (χ0n) is 4.98. The molecule has 10 heavy (non-hydrogen) atoms. The van der Waals surface area contributed by atoms with Gasteiger partial charge < -0.3 is 4.74 Å². The first-order chi connectivity index (χ1) is 4.68. The van der Waals surface area contributed by atoms with Gasteiger partial charge in [-0.25, -0.2) is 0 Å². The standard InChI is InChI=1S/C4H6O5S/c5-4-1-3(2-8-4)9-10(6)7/h3H,1-2H2,(H,6,7). The van der Waals surface area contributed by atoms with Crippen molar-refractivity contribution < 1.29 is 22.5 Å². The van der Waals surface area contributed by atoms with Gasteiger partial charge in [-0.2, -0.15) is 4.21 Å². The molecule has 1 rings (SSSR count). The van der Waals surface area contributed by atoms with Crippen molar-refractivity contribution in [1.82, 2.24) is 0 Å². The number of hydrogen-bond donors (Lipinski definition) is 1. The van der Waals surface area contributed by atoms with Crippen molar-refractivity contribution in [2.75, 3.05) is 6.61 Å². The summed E-state index contributed by atoms with van der Waals surface area (Å²) in [5.74, 6) is -0.393. The number of esters is 1. The van der Waals surface area contributed by atoms with E-state index in [2.05, 4.69) is 8.92 Å². The molecule has 0 aliphatic carbocycles. The molecule has 0 aromatic rings. The fourth-order valence-corrected chi connectivity index (χ4v) is 1.02. The van der Waals surface area contributed by atoms with E-state index in [9.17, 15) is 9.00 Å². The van der Waals surface area contributed by atoms with Crippen LogP contribution in [0.15, 0.2) is 0 Å². The van der Waals surface area contributed by atoms with Crippen molar-refractivity contribution in [3.05, 3.63) is 0 Å². The number of hydrogen-bond acceptors (Lipinski definition) is 4. The summed E-state index contributed by atoms with van der Waals surface area (Å²) in [6, 6.07) is 0. The molecule has 0 aromatic carbocycles. The fourth-order valence-electron chi connectivity index (χ4n) is 0.668. The maximum atomic E-state index is 10.4. The molecular formula is C4H6O5S. The Morgan fingerprint density at radius 2 is 2.50 bits per heavy atom. The zero-order chi connectivity index (χ0) is 7.56. The topological polar surface area (TPSA) is 72.8 Å². The number of carbonyl (C=O) groups is 1. The Hall–Kier alpha value is -0.460. The molecule has 5 nitrogen and oxygen atoms in total. The van der Waals surface area contributed by atoms with Crippen molar-refractivity contribution in [3.63, 3.8) is 0 Å². The lowest BCUT2D eigenvalue weighted by Gasteiger charge is -2.00. The normalized spacial score (nSPS) is 28.1. The molecule has 2 atom stereocenters. The molecule has 1 heterocycles. The molecule has 0 bridgehead atoms. The van der Waals surface area contributed by atoms with E-state index in [-0.39, 0.29) is 13.0 Å². The number of rotatable bonds is 2. The summed E-state index contributed by atoms with van der Waals surface area (Å²) in [6.45, 7) is 0.0745. The third-order valence-electron chi connectivity index (χ3n) is 1.04. The summed E-state index contributed by atoms with van der Waals surface area (Å²) >= 11 is -2.30. The second kappa shape index (κ2) is 3.09. The van der Waals surface area contributed by atoms with Gasteiger partial charge in [-0.05, 0) is 0 Å². The van der Waals surface area contributed by atoms with Crippen molar-refractivity contribution in [2.45, 2.75) is 12.5 Å². The van der Waals surface area contributed by atoms with Crippen molar-refractivity contribution in [2.24, 2.45) is 0 Å². The molecule has 2 unspecified atom stereocenters. The van der Waals surface area contributed by atoms with Gasteiger partial charge in [0.25, 0.3) is 0 Å². The second-order valence-electron chi connectivity index (χ2n) is 1.82. The fraction of sp³-hybridized carbons (Fsp3) is 0.750. The third-order valence-corrected chi connectivity index (χ3v) is 1.48. The van der Waals surface area contributed by atoms with E-state index in [1.165, 1.54) is 0 Å². The van der Waals surface area contributed by atoms with Crippen molar-refractivity contribution >= 4 is 17.3 Å².